The number of aryl methyl sites for hydroxylation is 1. The highest BCUT2D eigenvalue weighted by atomic mass is 35.5. The van der Waals surface area contributed by atoms with Crippen LogP contribution in [0.3, 0.4) is 0 Å². The quantitative estimate of drug-likeness (QED) is 0.493. The molecule has 0 aliphatic heterocycles. The Labute approximate surface area is 161 Å². The molecule has 0 radical (unpaired) electrons. The molecular weight excluding hydrogens is 368 g/mol. The van der Waals surface area contributed by atoms with Gasteiger partial charge < -0.3 is 10.1 Å². The minimum Gasteiger partial charge on any atom is -0.497 e. The van der Waals surface area contributed by atoms with Crippen molar-refractivity contribution in [1.29, 1.82) is 5.41 Å². The predicted octanol–water partition coefficient (Wildman–Crippen LogP) is 4.96. The van der Waals surface area contributed by atoms with Crippen LogP contribution in [-0.2, 0) is 0 Å². The Bertz CT molecular complexity index is 1020. The SMILES string of the molecule is COc1cccc(NC(=Nc2cccc(Cl)c2C)n2sc(C)cc2=N)c1. The number of aromatic nitrogens is 1. The largest absolute Gasteiger partial charge is 0.497 e. The Balaban J connectivity index is 2.10. The molecule has 134 valence electrons. The number of ether oxygens (including phenoxy) is 1. The van der Waals surface area contributed by atoms with E-state index in [4.69, 9.17) is 26.7 Å². The number of methoxy groups -OCH3 is 1. The Kier molecular flexibility index (Phi) is 5.44. The topological polar surface area (TPSA) is 62.4 Å². The normalized spacial score (nSPS) is 11.5. The summed E-state index contributed by atoms with van der Waals surface area (Å²) in [5.41, 5.74) is 2.82. The minimum atomic E-state index is 0.362. The first-order valence-corrected chi connectivity index (χ1v) is 9.13. The molecule has 0 saturated carbocycles. The van der Waals surface area contributed by atoms with Gasteiger partial charge in [0, 0.05) is 21.7 Å². The third-order valence-electron chi connectivity index (χ3n) is 3.78. The van der Waals surface area contributed by atoms with Gasteiger partial charge in [0.25, 0.3) is 0 Å². The molecule has 7 heteroatoms. The maximum Gasteiger partial charge on any atom is 0.223 e. The van der Waals surface area contributed by atoms with E-state index < -0.39 is 0 Å². The van der Waals surface area contributed by atoms with Crippen molar-refractivity contribution >= 4 is 40.5 Å². The van der Waals surface area contributed by atoms with Gasteiger partial charge in [0.2, 0.25) is 5.96 Å². The molecule has 3 aromatic rings. The van der Waals surface area contributed by atoms with E-state index in [2.05, 4.69) is 5.32 Å². The molecule has 0 fully saturated rings. The zero-order valence-corrected chi connectivity index (χ0v) is 16.3. The van der Waals surface area contributed by atoms with Gasteiger partial charge in [-0.3, -0.25) is 5.41 Å². The Hall–Kier alpha value is -2.57. The molecular formula is C19H19ClN4OS. The fraction of sp³-hybridized carbons (Fsp3) is 0.158. The molecule has 0 aliphatic rings. The van der Waals surface area contributed by atoms with Crippen molar-refractivity contribution < 1.29 is 4.74 Å². The van der Waals surface area contributed by atoms with Gasteiger partial charge in [-0.25, -0.2) is 8.95 Å². The van der Waals surface area contributed by atoms with Gasteiger partial charge >= 0.3 is 0 Å². The number of nitrogens with zero attached hydrogens (tertiary/aromatic N) is 2. The number of anilines is 1. The summed E-state index contributed by atoms with van der Waals surface area (Å²) >= 11 is 7.68. The van der Waals surface area contributed by atoms with Crippen LogP contribution in [0.2, 0.25) is 5.02 Å². The molecule has 0 atom stereocenters. The van der Waals surface area contributed by atoms with Crippen LogP contribution >= 0.6 is 23.1 Å². The zero-order valence-electron chi connectivity index (χ0n) is 14.7. The van der Waals surface area contributed by atoms with Gasteiger partial charge in [-0.15, -0.1) is 0 Å². The number of benzene rings is 2. The van der Waals surface area contributed by atoms with Gasteiger partial charge in [0.1, 0.15) is 11.2 Å². The van der Waals surface area contributed by atoms with Crippen LogP contribution in [0.5, 0.6) is 5.75 Å². The molecule has 0 bridgehead atoms. The summed E-state index contributed by atoms with van der Waals surface area (Å²) in [6.07, 6.45) is 0. The van der Waals surface area contributed by atoms with E-state index in [0.717, 1.165) is 27.6 Å². The highest BCUT2D eigenvalue weighted by molar-refractivity contribution is 7.07. The Morgan fingerprint density at radius 3 is 2.65 bits per heavy atom. The van der Waals surface area contributed by atoms with Crippen LogP contribution in [0, 0.1) is 19.3 Å². The standard InChI is InChI=1S/C19H19ClN4OS/c1-12-10-18(21)24(26-12)19(22-14-6-4-7-15(11-14)25-3)23-17-9-5-8-16(20)13(17)2/h4-11,21H,1-3H3,(H,22,23). The van der Waals surface area contributed by atoms with E-state index in [9.17, 15) is 0 Å². The van der Waals surface area contributed by atoms with Crippen molar-refractivity contribution in [2.45, 2.75) is 13.8 Å². The number of hydrogen-bond acceptors (Lipinski definition) is 4. The molecule has 0 amide bonds. The highest BCUT2D eigenvalue weighted by Gasteiger charge is 2.10. The summed E-state index contributed by atoms with van der Waals surface area (Å²) in [5.74, 6) is 1.28. The van der Waals surface area contributed by atoms with Crippen molar-refractivity contribution in [3.8, 4) is 5.75 Å². The van der Waals surface area contributed by atoms with Crippen molar-refractivity contribution in [2.75, 3.05) is 12.4 Å². The van der Waals surface area contributed by atoms with E-state index in [-0.39, 0.29) is 0 Å². The molecule has 3 rings (SSSR count). The van der Waals surface area contributed by atoms with Crippen LogP contribution in [-0.4, -0.2) is 17.0 Å². The second-order valence-corrected chi connectivity index (χ2v) is 7.30. The van der Waals surface area contributed by atoms with Crippen molar-refractivity contribution in [1.82, 2.24) is 3.96 Å². The van der Waals surface area contributed by atoms with Crippen LogP contribution in [0.15, 0.2) is 53.5 Å². The van der Waals surface area contributed by atoms with Crippen LogP contribution < -0.4 is 15.5 Å². The molecule has 26 heavy (non-hydrogen) atoms. The average Bonchev–Trinajstić information content (AvgIpc) is 2.96. The third-order valence-corrected chi connectivity index (χ3v) is 5.15. The molecule has 2 aromatic carbocycles. The molecule has 5 nitrogen and oxygen atoms in total. The van der Waals surface area contributed by atoms with Gasteiger partial charge in [-0.05, 0) is 49.7 Å². The minimum absolute atomic E-state index is 0.362. The molecule has 0 spiro atoms. The average molecular weight is 387 g/mol. The number of aliphatic imine (C=N–C) groups is 1. The van der Waals surface area contributed by atoms with Crippen molar-refractivity contribution in [3.05, 3.63) is 69.5 Å². The second kappa shape index (κ2) is 7.76. The van der Waals surface area contributed by atoms with Crippen molar-refractivity contribution in [3.63, 3.8) is 0 Å². The molecule has 2 N–H and O–H groups in total. The van der Waals surface area contributed by atoms with Gasteiger partial charge in [-0.1, -0.05) is 35.3 Å². The summed E-state index contributed by atoms with van der Waals surface area (Å²) in [7, 11) is 1.63. The number of nitrogens with one attached hydrogen (secondary N) is 2. The second-order valence-electron chi connectivity index (χ2n) is 5.70. The molecule has 0 saturated heterocycles. The third kappa shape index (κ3) is 3.98. The molecule has 1 heterocycles. The molecule has 0 aliphatic carbocycles. The van der Waals surface area contributed by atoms with Gasteiger partial charge in [0.05, 0.1) is 12.8 Å². The molecule has 1 aromatic heterocycles. The van der Waals surface area contributed by atoms with E-state index in [0.29, 0.717) is 16.5 Å². The first-order chi connectivity index (χ1) is 12.5. The summed E-state index contributed by atoms with van der Waals surface area (Å²) < 4.78 is 7.03. The van der Waals surface area contributed by atoms with E-state index in [1.165, 1.54) is 11.5 Å². The van der Waals surface area contributed by atoms with E-state index in [1.807, 2.05) is 56.3 Å². The number of hydrogen-bond donors (Lipinski definition) is 2. The first-order valence-electron chi connectivity index (χ1n) is 7.98. The lowest BCUT2D eigenvalue weighted by Gasteiger charge is -2.12. The zero-order chi connectivity index (χ0) is 18.7. The first kappa shape index (κ1) is 18.2. The summed E-state index contributed by atoms with van der Waals surface area (Å²) in [5, 5.41) is 12.2. The monoisotopic (exact) mass is 386 g/mol. The lowest BCUT2D eigenvalue weighted by atomic mass is 10.2. The number of halogens is 1. The molecule has 0 unspecified atom stereocenters. The summed E-state index contributed by atoms with van der Waals surface area (Å²) in [6, 6.07) is 15.0. The fourth-order valence-electron chi connectivity index (χ4n) is 2.41. The lowest BCUT2D eigenvalue weighted by Crippen LogP contribution is -2.28. The maximum absolute atomic E-state index is 8.23. The Morgan fingerprint density at radius 2 is 1.96 bits per heavy atom. The summed E-state index contributed by atoms with van der Waals surface area (Å²) in [4.78, 5) is 5.77. The smallest absolute Gasteiger partial charge is 0.223 e. The maximum atomic E-state index is 8.23. The highest BCUT2D eigenvalue weighted by Crippen LogP contribution is 2.26. The van der Waals surface area contributed by atoms with E-state index >= 15 is 0 Å². The Morgan fingerprint density at radius 1 is 1.19 bits per heavy atom. The lowest BCUT2D eigenvalue weighted by molar-refractivity contribution is 0.415. The van der Waals surface area contributed by atoms with Gasteiger partial charge in [-0.2, -0.15) is 0 Å². The van der Waals surface area contributed by atoms with Gasteiger partial charge in [0.15, 0.2) is 0 Å². The van der Waals surface area contributed by atoms with Crippen LogP contribution in [0.4, 0.5) is 11.4 Å². The van der Waals surface area contributed by atoms with Crippen LogP contribution in [0.25, 0.3) is 0 Å². The fourth-order valence-corrected chi connectivity index (χ4v) is 3.36. The predicted molar refractivity (Wildman–Crippen MR) is 108 cm³/mol. The van der Waals surface area contributed by atoms with E-state index in [1.54, 1.807) is 17.1 Å². The van der Waals surface area contributed by atoms with Crippen molar-refractivity contribution in [2.24, 2.45) is 4.99 Å². The summed E-state index contributed by atoms with van der Waals surface area (Å²) in [6.45, 7) is 3.89. The number of rotatable bonds is 3. The van der Waals surface area contributed by atoms with Crippen LogP contribution in [0.1, 0.15) is 10.4 Å².